The highest BCUT2D eigenvalue weighted by molar-refractivity contribution is 5.67. The monoisotopic (exact) mass is 274 g/mol. The van der Waals surface area contributed by atoms with Crippen LogP contribution < -0.4 is 5.32 Å². The minimum Gasteiger partial charge on any atom is -0.343 e. The van der Waals surface area contributed by atoms with Gasteiger partial charge in [0.2, 0.25) is 0 Å². The number of rotatable bonds is 3. The highest BCUT2D eigenvalue weighted by Gasteiger charge is 2.10. The first-order chi connectivity index (χ1) is 10.2. The maximum Gasteiger partial charge on any atom is 0.163 e. The van der Waals surface area contributed by atoms with Crippen molar-refractivity contribution in [1.82, 2.24) is 9.78 Å². The lowest BCUT2D eigenvalue weighted by molar-refractivity contribution is 0.864. The van der Waals surface area contributed by atoms with E-state index in [1.807, 2.05) is 31.2 Å². The molecule has 0 unspecified atom stereocenters. The van der Waals surface area contributed by atoms with E-state index in [0.29, 0.717) is 11.4 Å². The van der Waals surface area contributed by atoms with Crippen molar-refractivity contribution in [3.05, 3.63) is 53.5 Å². The van der Waals surface area contributed by atoms with Gasteiger partial charge in [0.25, 0.3) is 0 Å². The Morgan fingerprint density at radius 3 is 2.38 bits per heavy atom. The number of para-hydroxylation sites is 2. The summed E-state index contributed by atoms with van der Waals surface area (Å²) in [5.41, 5.74) is 1.81. The van der Waals surface area contributed by atoms with E-state index < -0.39 is 0 Å². The first kappa shape index (κ1) is 13.9. The molecule has 0 radical (unpaired) electrons. The normalized spacial score (nSPS) is 9.05. The Kier molecular flexibility index (Phi) is 4.00. The van der Waals surface area contributed by atoms with E-state index in [1.54, 1.807) is 35.1 Å². The molecule has 100 valence electrons. The second-order valence-corrected chi connectivity index (χ2v) is 4.13. The summed E-state index contributed by atoms with van der Waals surface area (Å²) >= 11 is 0. The minimum atomic E-state index is -0.260. The summed E-state index contributed by atoms with van der Waals surface area (Å²) in [5, 5.41) is 33.9. The molecule has 2 rings (SSSR count). The minimum absolute atomic E-state index is 0.0867. The van der Waals surface area contributed by atoms with Gasteiger partial charge in [0.15, 0.2) is 5.57 Å². The molecule has 1 heterocycles. The largest absolute Gasteiger partial charge is 0.343 e. The Balaban J connectivity index is 2.48. The summed E-state index contributed by atoms with van der Waals surface area (Å²) < 4.78 is 1.66. The van der Waals surface area contributed by atoms with Crippen molar-refractivity contribution in [1.29, 1.82) is 15.8 Å². The van der Waals surface area contributed by atoms with Crippen LogP contribution in [0.5, 0.6) is 0 Å². The van der Waals surface area contributed by atoms with Gasteiger partial charge in [-0.1, -0.05) is 12.1 Å². The highest BCUT2D eigenvalue weighted by atomic mass is 15.3. The van der Waals surface area contributed by atoms with E-state index in [2.05, 4.69) is 10.4 Å². The lowest BCUT2D eigenvalue weighted by Crippen LogP contribution is -2.05. The van der Waals surface area contributed by atoms with Crippen molar-refractivity contribution in [2.45, 2.75) is 6.92 Å². The van der Waals surface area contributed by atoms with Crippen molar-refractivity contribution in [3.8, 4) is 23.9 Å². The van der Waals surface area contributed by atoms with Gasteiger partial charge in [-0.05, 0) is 25.1 Å². The van der Waals surface area contributed by atoms with Gasteiger partial charge in [-0.3, -0.25) is 0 Å². The molecule has 0 saturated heterocycles. The van der Waals surface area contributed by atoms with Crippen LogP contribution in [0.2, 0.25) is 0 Å². The zero-order chi connectivity index (χ0) is 15.2. The van der Waals surface area contributed by atoms with Gasteiger partial charge in [0.05, 0.1) is 17.1 Å². The molecule has 0 amide bonds. The van der Waals surface area contributed by atoms with Crippen LogP contribution in [0.3, 0.4) is 0 Å². The molecular formula is C15H10N6. The van der Waals surface area contributed by atoms with Gasteiger partial charge >= 0.3 is 0 Å². The van der Waals surface area contributed by atoms with Crippen molar-refractivity contribution < 1.29 is 0 Å². The number of aryl methyl sites for hydroxylation is 1. The zero-order valence-electron chi connectivity index (χ0n) is 11.2. The molecule has 2 aromatic rings. The number of aromatic nitrogens is 2. The molecule has 0 atom stereocenters. The maximum absolute atomic E-state index is 9.09. The van der Waals surface area contributed by atoms with Gasteiger partial charge in [0.1, 0.15) is 23.9 Å². The van der Waals surface area contributed by atoms with Gasteiger partial charge in [-0.2, -0.15) is 20.9 Å². The van der Waals surface area contributed by atoms with Gasteiger partial charge in [0, 0.05) is 6.20 Å². The predicted octanol–water partition coefficient (Wildman–Crippen LogP) is 2.42. The molecule has 1 N–H and O–H groups in total. The van der Waals surface area contributed by atoms with Crippen LogP contribution in [0.15, 0.2) is 47.8 Å². The van der Waals surface area contributed by atoms with Crippen LogP contribution in [-0.4, -0.2) is 9.78 Å². The van der Waals surface area contributed by atoms with Gasteiger partial charge < -0.3 is 5.32 Å². The second kappa shape index (κ2) is 6.06. The first-order valence-corrected chi connectivity index (χ1v) is 6.03. The number of hydrogen-bond donors (Lipinski definition) is 1. The van der Waals surface area contributed by atoms with Crippen LogP contribution in [0, 0.1) is 40.9 Å². The Hall–Kier alpha value is -3.56. The average Bonchev–Trinajstić information content (AvgIpc) is 2.94. The molecule has 0 saturated carbocycles. The highest BCUT2D eigenvalue weighted by Crippen LogP contribution is 2.21. The molecule has 6 nitrogen and oxygen atoms in total. The van der Waals surface area contributed by atoms with E-state index in [4.69, 9.17) is 15.8 Å². The average molecular weight is 274 g/mol. The van der Waals surface area contributed by atoms with E-state index in [1.165, 1.54) is 0 Å². The van der Waals surface area contributed by atoms with E-state index in [0.717, 1.165) is 5.69 Å². The summed E-state index contributed by atoms with van der Waals surface area (Å²) in [6.07, 6.45) is 1.79. The number of nitriles is 3. The first-order valence-electron chi connectivity index (χ1n) is 6.03. The molecule has 0 bridgehead atoms. The lowest BCUT2D eigenvalue weighted by atomic mass is 10.2. The van der Waals surface area contributed by atoms with Crippen molar-refractivity contribution >= 4 is 5.69 Å². The van der Waals surface area contributed by atoms with Crippen LogP contribution in [-0.2, 0) is 0 Å². The fourth-order valence-electron chi connectivity index (χ4n) is 1.75. The maximum atomic E-state index is 9.09. The fourth-order valence-corrected chi connectivity index (χ4v) is 1.75. The van der Waals surface area contributed by atoms with Crippen molar-refractivity contribution in [3.63, 3.8) is 0 Å². The molecule has 1 aromatic carbocycles. The van der Waals surface area contributed by atoms with Crippen LogP contribution in [0.25, 0.3) is 5.69 Å². The lowest BCUT2D eigenvalue weighted by Gasteiger charge is -2.11. The third-order valence-corrected chi connectivity index (χ3v) is 2.72. The predicted molar refractivity (Wildman–Crippen MR) is 75.8 cm³/mol. The quantitative estimate of drug-likeness (QED) is 0.866. The molecule has 6 heteroatoms. The third-order valence-electron chi connectivity index (χ3n) is 2.72. The number of hydrogen-bond acceptors (Lipinski definition) is 5. The molecule has 21 heavy (non-hydrogen) atoms. The van der Waals surface area contributed by atoms with Crippen molar-refractivity contribution in [2.75, 3.05) is 5.32 Å². The third kappa shape index (κ3) is 2.89. The second-order valence-electron chi connectivity index (χ2n) is 4.13. The molecule has 1 aromatic heterocycles. The number of nitrogens with zero attached hydrogens (tertiary/aromatic N) is 5. The standard InChI is InChI=1S/C15H10N6/c1-11-6-7-21(20-11)15-5-3-2-4-13(15)19-14(10-18)12(8-16)9-17/h2-7,19H,1H3. The summed E-state index contributed by atoms with van der Waals surface area (Å²) in [6, 6.07) is 14.3. The molecule has 0 spiro atoms. The number of nitrogens with one attached hydrogen (secondary N) is 1. The van der Waals surface area contributed by atoms with Crippen LogP contribution >= 0.6 is 0 Å². The molecular weight excluding hydrogens is 264 g/mol. The number of anilines is 1. The molecule has 0 aliphatic rings. The van der Waals surface area contributed by atoms with E-state index in [9.17, 15) is 0 Å². The van der Waals surface area contributed by atoms with Crippen LogP contribution in [0.1, 0.15) is 5.69 Å². The number of allylic oxidation sites excluding steroid dienone is 2. The van der Waals surface area contributed by atoms with Gasteiger partial charge in [-0.15, -0.1) is 0 Å². The number of benzene rings is 1. The molecule has 0 aliphatic heterocycles. The summed E-state index contributed by atoms with van der Waals surface area (Å²) in [6.45, 7) is 1.87. The van der Waals surface area contributed by atoms with Crippen LogP contribution in [0.4, 0.5) is 5.69 Å². The zero-order valence-corrected chi connectivity index (χ0v) is 11.2. The summed E-state index contributed by atoms with van der Waals surface area (Å²) in [7, 11) is 0. The summed E-state index contributed by atoms with van der Waals surface area (Å²) in [4.78, 5) is 0. The van der Waals surface area contributed by atoms with Crippen molar-refractivity contribution in [2.24, 2.45) is 0 Å². The van der Waals surface area contributed by atoms with E-state index >= 15 is 0 Å². The Morgan fingerprint density at radius 1 is 1.10 bits per heavy atom. The topological polar surface area (TPSA) is 101 Å². The Morgan fingerprint density at radius 2 is 1.81 bits per heavy atom. The molecule has 0 fully saturated rings. The Labute approximate surface area is 121 Å². The SMILES string of the molecule is Cc1ccn(-c2ccccc2NC(C#N)=C(C#N)C#N)n1. The van der Waals surface area contributed by atoms with E-state index in [-0.39, 0.29) is 11.3 Å². The summed E-state index contributed by atoms with van der Waals surface area (Å²) in [5.74, 6) is 0. The molecule has 0 aliphatic carbocycles. The van der Waals surface area contributed by atoms with Gasteiger partial charge in [-0.25, -0.2) is 4.68 Å². The Bertz CT molecular complexity index is 807. The fraction of sp³-hybridized carbons (Fsp3) is 0.0667. The smallest absolute Gasteiger partial charge is 0.163 e.